The fraction of sp³-hybridized carbons (Fsp3) is 0.417. The van der Waals surface area contributed by atoms with E-state index in [9.17, 15) is 29.0 Å². The van der Waals surface area contributed by atoms with Crippen LogP contribution >= 0.6 is 11.3 Å². The van der Waals surface area contributed by atoms with Gasteiger partial charge in [-0.1, -0.05) is 57.2 Å². The Bertz CT molecular complexity index is 2610. The van der Waals surface area contributed by atoms with Gasteiger partial charge in [-0.25, -0.2) is 9.37 Å². The normalized spacial score (nSPS) is 18.9. The lowest BCUT2D eigenvalue weighted by Crippen LogP contribution is -2.59. The van der Waals surface area contributed by atoms with E-state index in [0.717, 1.165) is 66.5 Å². The molecule has 2 saturated heterocycles. The maximum absolute atomic E-state index is 14.7. The number of β-amino-alcohol motifs (C(OH)–C–C–N with tert-alkyl or cyclic N) is 1. The Labute approximate surface area is 387 Å². The second-order valence-electron chi connectivity index (χ2n) is 18.4. The van der Waals surface area contributed by atoms with Crippen molar-refractivity contribution in [1.29, 1.82) is 0 Å². The third-order valence-corrected chi connectivity index (χ3v) is 13.5. The molecular weight excluding hydrogens is 862 g/mol. The zero-order valence-corrected chi connectivity index (χ0v) is 38.4. The van der Waals surface area contributed by atoms with Crippen molar-refractivity contribution in [2.24, 2.45) is 15.6 Å². The summed E-state index contributed by atoms with van der Waals surface area (Å²) in [6.07, 6.45) is 0.119. The summed E-state index contributed by atoms with van der Waals surface area (Å²) in [7, 11) is 0. The van der Waals surface area contributed by atoms with Crippen LogP contribution in [0, 0.1) is 12.3 Å². The van der Waals surface area contributed by atoms with E-state index in [1.807, 2.05) is 61.5 Å². The smallest absolute Gasteiger partial charge is 0.258 e. The molecule has 1 saturated carbocycles. The number of anilines is 2. The first-order valence-electron chi connectivity index (χ1n) is 22.3. The number of phenols is 1. The van der Waals surface area contributed by atoms with Crippen LogP contribution < -0.4 is 21.3 Å². The van der Waals surface area contributed by atoms with Gasteiger partial charge < -0.3 is 36.4 Å². The van der Waals surface area contributed by atoms with Crippen LogP contribution in [-0.4, -0.2) is 116 Å². The number of halogens is 1. The Balaban J connectivity index is 0.897. The second-order valence-corrected chi connectivity index (χ2v) is 19.3. The minimum atomic E-state index is -1.98. The molecule has 0 unspecified atom stereocenters. The lowest BCUT2D eigenvalue weighted by atomic mass is 9.85. The Hall–Kier alpha value is -6.37. The Morgan fingerprint density at radius 1 is 1.00 bits per heavy atom. The molecule has 16 nitrogen and oxygen atoms in total. The van der Waals surface area contributed by atoms with Crippen LogP contribution in [-0.2, 0) is 27.3 Å². The van der Waals surface area contributed by atoms with Crippen molar-refractivity contribution in [3.63, 3.8) is 0 Å². The molecule has 66 heavy (non-hydrogen) atoms. The number of hydrogen-bond donors (Lipinski definition) is 5. The van der Waals surface area contributed by atoms with Gasteiger partial charge in [0, 0.05) is 57.8 Å². The number of aromatic nitrogens is 3. The van der Waals surface area contributed by atoms with Crippen molar-refractivity contribution in [3.8, 4) is 27.4 Å². The van der Waals surface area contributed by atoms with Crippen molar-refractivity contribution in [1.82, 2.24) is 35.6 Å². The van der Waals surface area contributed by atoms with Crippen LogP contribution in [0.4, 0.5) is 27.3 Å². The first-order chi connectivity index (χ1) is 31.6. The van der Waals surface area contributed by atoms with Gasteiger partial charge in [-0.3, -0.25) is 19.3 Å². The van der Waals surface area contributed by atoms with Gasteiger partial charge in [0.15, 0.2) is 11.5 Å². The van der Waals surface area contributed by atoms with E-state index >= 15 is 0 Å². The van der Waals surface area contributed by atoms with E-state index < -0.39 is 47.0 Å². The maximum atomic E-state index is 14.7. The average molecular weight is 918 g/mol. The summed E-state index contributed by atoms with van der Waals surface area (Å²) >= 11 is 1.51. The molecular formula is C48H56FN11O5S. The number of nitrogens with two attached hydrogens (primary N) is 1. The predicted molar refractivity (Wildman–Crippen MR) is 251 cm³/mol. The molecule has 346 valence electrons. The summed E-state index contributed by atoms with van der Waals surface area (Å²) in [6, 6.07) is 20.5. The number of likely N-dealkylation sites (tertiary alicyclic amines) is 1. The number of alkyl halides is 1. The van der Waals surface area contributed by atoms with E-state index in [2.05, 4.69) is 45.8 Å². The summed E-state index contributed by atoms with van der Waals surface area (Å²) in [5.41, 5.74) is 12.1. The molecule has 5 aromatic rings. The molecule has 0 spiro atoms. The number of aliphatic hydroxyl groups is 1. The number of nitrogens with zero attached hydrogens (tertiary/aromatic N) is 8. The first-order valence-corrected chi connectivity index (χ1v) is 23.1. The highest BCUT2D eigenvalue weighted by molar-refractivity contribution is 7.13. The largest absolute Gasteiger partial charge is 0.507 e. The number of piperazine rings is 1. The fourth-order valence-corrected chi connectivity index (χ4v) is 9.15. The van der Waals surface area contributed by atoms with Crippen molar-refractivity contribution < 1.29 is 29.0 Å². The number of azo groups is 1. The van der Waals surface area contributed by atoms with E-state index in [0.29, 0.717) is 34.0 Å². The number of benzene rings is 3. The standard InChI is InChI=1S/C48H56FN11O5S/c1-29-41(66-28-52-29)31-11-12-32(26-51-44(63)39-24-34(61)27-60(39)45(64)42(47(2,3)4)53-46(65)48(49)16-17-48)36(23-31)55-54-33-13-9-30(10-14-33)15-18-58-19-21-59(22-20-58)38-25-37(56-57-43(38)50)35-7-5-6-8-40(35)62/h5-14,23,25,28,34,39,42,61-62H,15-22,24,26-27H2,1-4H3,(H2,50,57)(H,51,63)(H,53,65)/b55-54+/t34-,39+,42+/m0/s1. The van der Waals surface area contributed by atoms with Crippen LogP contribution in [0.1, 0.15) is 56.9 Å². The van der Waals surface area contributed by atoms with Gasteiger partial charge in [-0.05, 0) is 84.7 Å². The third kappa shape index (κ3) is 10.5. The fourth-order valence-electron chi connectivity index (χ4n) is 8.35. The number of phenolic OH excluding ortho intramolecular Hbond substituents is 1. The van der Waals surface area contributed by atoms with Gasteiger partial charge in [-0.2, -0.15) is 10.2 Å². The molecule has 4 heterocycles. The molecule has 3 aromatic carbocycles. The summed E-state index contributed by atoms with van der Waals surface area (Å²) < 4.78 is 14.7. The molecule has 1 aliphatic carbocycles. The number of aliphatic hydroxyl groups excluding tert-OH is 1. The number of nitrogen functional groups attached to an aromatic ring is 1. The van der Waals surface area contributed by atoms with Crippen LogP contribution in [0.5, 0.6) is 5.75 Å². The number of nitrogens with one attached hydrogen (secondary N) is 2. The number of carbonyl (C=O) groups excluding carboxylic acids is 3. The number of hydrogen-bond acceptors (Lipinski definition) is 14. The Morgan fingerprint density at radius 2 is 1.74 bits per heavy atom. The van der Waals surface area contributed by atoms with Crippen molar-refractivity contribution >= 4 is 51.9 Å². The van der Waals surface area contributed by atoms with Gasteiger partial charge in [0.2, 0.25) is 11.8 Å². The van der Waals surface area contributed by atoms with E-state index in [1.54, 1.807) is 44.5 Å². The number of para-hydroxylation sites is 1. The zero-order valence-electron chi connectivity index (χ0n) is 37.6. The summed E-state index contributed by atoms with van der Waals surface area (Å²) in [4.78, 5) is 51.8. The minimum absolute atomic E-state index is 0.0155. The molecule has 3 aliphatic rings. The second kappa shape index (κ2) is 19.2. The zero-order chi connectivity index (χ0) is 46.8. The SMILES string of the molecule is Cc1ncsc1-c1ccc(CNC(=O)[C@H]2C[C@H](O)CN2C(=O)[C@@H](NC(=O)C2(F)CC2)C(C)(C)C)c(/N=N/c2ccc(CCN3CCN(c4cc(-c5ccccc5O)nnc4N)CC3)cc2)c1. The number of carbonyl (C=O) groups is 3. The van der Waals surface area contributed by atoms with Crippen LogP contribution in [0.3, 0.4) is 0 Å². The molecule has 6 N–H and O–H groups in total. The molecule has 18 heteroatoms. The van der Waals surface area contributed by atoms with Crippen molar-refractivity contribution in [2.45, 2.75) is 83.8 Å². The monoisotopic (exact) mass is 917 g/mol. The predicted octanol–water partition coefficient (Wildman–Crippen LogP) is 6.25. The van der Waals surface area contributed by atoms with Crippen LogP contribution in [0.15, 0.2) is 88.5 Å². The number of aryl methyl sites for hydroxylation is 1. The topological polar surface area (TPSA) is 215 Å². The summed E-state index contributed by atoms with van der Waals surface area (Å²) in [6.45, 7) is 11.3. The molecule has 3 atom stereocenters. The van der Waals surface area contributed by atoms with E-state index in [4.69, 9.17) is 5.73 Å². The van der Waals surface area contributed by atoms with E-state index in [1.165, 1.54) is 16.2 Å². The summed E-state index contributed by atoms with van der Waals surface area (Å²) in [5.74, 6) is -1.36. The van der Waals surface area contributed by atoms with Gasteiger partial charge in [0.25, 0.3) is 5.91 Å². The molecule has 0 radical (unpaired) electrons. The van der Waals surface area contributed by atoms with Crippen molar-refractivity contribution in [3.05, 3.63) is 95.1 Å². The van der Waals surface area contributed by atoms with Gasteiger partial charge in [-0.15, -0.1) is 21.5 Å². The number of rotatable bonds is 14. The average Bonchev–Trinajstić information content (AvgIpc) is 3.71. The minimum Gasteiger partial charge on any atom is -0.507 e. The highest BCUT2D eigenvalue weighted by atomic mass is 32.1. The van der Waals surface area contributed by atoms with Crippen LogP contribution in [0.2, 0.25) is 0 Å². The number of amides is 3. The maximum Gasteiger partial charge on any atom is 0.258 e. The highest BCUT2D eigenvalue weighted by Gasteiger charge is 2.53. The third-order valence-electron chi connectivity index (χ3n) is 12.5. The molecule has 2 aromatic heterocycles. The van der Waals surface area contributed by atoms with Gasteiger partial charge in [0.05, 0.1) is 44.9 Å². The number of thiazole rings is 1. The van der Waals surface area contributed by atoms with Gasteiger partial charge >= 0.3 is 0 Å². The van der Waals surface area contributed by atoms with Gasteiger partial charge in [0.1, 0.15) is 17.8 Å². The molecule has 0 bridgehead atoms. The Kier molecular flexibility index (Phi) is 13.5. The molecule has 3 fully saturated rings. The highest BCUT2D eigenvalue weighted by Crippen LogP contribution is 2.41. The van der Waals surface area contributed by atoms with E-state index in [-0.39, 0.29) is 38.1 Å². The molecule has 2 aliphatic heterocycles. The first kappa shape index (κ1) is 46.2. The Morgan fingerprint density at radius 3 is 2.42 bits per heavy atom. The lowest BCUT2D eigenvalue weighted by Gasteiger charge is -2.36. The summed E-state index contributed by atoms with van der Waals surface area (Å²) in [5, 5.41) is 44.2. The number of aromatic hydroxyl groups is 1. The quantitative estimate of drug-likeness (QED) is 0.0785. The van der Waals surface area contributed by atoms with Crippen LogP contribution in [0.25, 0.3) is 21.7 Å². The molecule has 3 amide bonds. The van der Waals surface area contributed by atoms with Crippen molar-refractivity contribution in [2.75, 3.05) is 49.9 Å². The lowest BCUT2D eigenvalue weighted by molar-refractivity contribution is -0.145. The molecule has 8 rings (SSSR count).